The number of para-hydroxylation sites is 1. The Labute approximate surface area is 119 Å². The van der Waals surface area contributed by atoms with Crippen LogP contribution in [0.1, 0.15) is 17.4 Å². The van der Waals surface area contributed by atoms with Gasteiger partial charge in [0.05, 0.1) is 17.9 Å². The third kappa shape index (κ3) is 2.55. The topological polar surface area (TPSA) is 46.3 Å². The van der Waals surface area contributed by atoms with Crippen LogP contribution in [0.4, 0.5) is 0 Å². The second-order valence-corrected chi connectivity index (χ2v) is 5.09. The number of nitrogens with zero attached hydrogens (tertiary/aromatic N) is 1. The second-order valence-electron chi connectivity index (χ2n) is 4.36. The van der Waals surface area contributed by atoms with Gasteiger partial charge in [0.1, 0.15) is 0 Å². The van der Waals surface area contributed by atoms with Gasteiger partial charge in [0.2, 0.25) is 0 Å². The summed E-state index contributed by atoms with van der Waals surface area (Å²) in [6, 6.07) is 13.7. The molecular weight excluding hydrogens is 306 g/mol. The normalized spacial score (nSPS) is 12.7. The highest BCUT2D eigenvalue weighted by atomic mass is 79.9. The van der Waals surface area contributed by atoms with Crippen LogP contribution in [0.15, 0.2) is 57.8 Å². The minimum Gasteiger partial charge on any atom is -0.457 e. The van der Waals surface area contributed by atoms with Crippen LogP contribution in [0.25, 0.3) is 10.9 Å². The maximum atomic E-state index is 10.2. The summed E-state index contributed by atoms with van der Waals surface area (Å²) in [6.07, 6.45) is 1.39. The second kappa shape index (κ2) is 5.15. The minimum absolute atomic E-state index is 0.461. The van der Waals surface area contributed by atoms with Crippen LogP contribution in [0, 0.1) is 0 Å². The minimum atomic E-state index is -0.623. The summed E-state index contributed by atoms with van der Waals surface area (Å²) < 4.78 is 5.70. The molecule has 2 heterocycles. The van der Waals surface area contributed by atoms with Crippen LogP contribution in [-0.4, -0.2) is 10.1 Å². The molecule has 3 aromatic rings. The Kier molecular flexibility index (Phi) is 3.36. The molecule has 0 aliphatic rings. The lowest BCUT2D eigenvalue weighted by Crippen LogP contribution is -2.03. The highest BCUT2D eigenvalue weighted by Gasteiger charge is 2.15. The van der Waals surface area contributed by atoms with Crippen molar-refractivity contribution in [3.8, 4) is 0 Å². The summed E-state index contributed by atoms with van der Waals surface area (Å²) in [5, 5.41) is 11.3. The van der Waals surface area contributed by atoms with E-state index in [-0.39, 0.29) is 0 Å². The summed E-state index contributed by atoms with van der Waals surface area (Å²) in [6.45, 7) is 0. The van der Waals surface area contributed by atoms with E-state index in [4.69, 9.17) is 4.42 Å². The van der Waals surface area contributed by atoms with E-state index in [0.29, 0.717) is 11.1 Å². The molecule has 0 aliphatic carbocycles. The van der Waals surface area contributed by atoms with Gasteiger partial charge in [-0.3, -0.25) is 4.98 Å². The Hall–Kier alpha value is -1.65. The van der Waals surface area contributed by atoms with Gasteiger partial charge in [-0.1, -0.05) is 24.3 Å². The van der Waals surface area contributed by atoms with E-state index >= 15 is 0 Å². The van der Waals surface area contributed by atoms with Crippen LogP contribution in [0.2, 0.25) is 0 Å². The standard InChI is InChI=1S/C15H12BrNO2/c16-15-12(7-8-19-15)14(18)9-11-6-5-10-3-1-2-4-13(10)17-11/h1-8,14,18H,9H2. The third-order valence-electron chi connectivity index (χ3n) is 3.06. The highest BCUT2D eigenvalue weighted by molar-refractivity contribution is 9.10. The van der Waals surface area contributed by atoms with Crippen LogP contribution in [0.3, 0.4) is 0 Å². The zero-order valence-corrected chi connectivity index (χ0v) is 11.7. The molecule has 0 saturated carbocycles. The molecule has 0 spiro atoms. The van der Waals surface area contributed by atoms with Crippen LogP contribution in [0.5, 0.6) is 0 Å². The number of aliphatic hydroxyl groups is 1. The molecule has 1 atom stereocenters. The average molecular weight is 318 g/mol. The number of benzene rings is 1. The fourth-order valence-corrected chi connectivity index (χ4v) is 2.58. The lowest BCUT2D eigenvalue weighted by Gasteiger charge is -2.09. The van der Waals surface area contributed by atoms with Crippen molar-refractivity contribution in [2.45, 2.75) is 12.5 Å². The number of aliphatic hydroxyl groups excluding tert-OH is 1. The summed E-state index contributed by atoms with van der Waals surface area (Å²) in [4.78, 5) is 4.55. The number of halogens is 1. The molecule has 0 radical (unpaired) electrons. The van der Waals surface area contributed by atoms with Crippen molar-refractivity contribution in [1.82, 2.24) is 4.98 Å². The first-order chi connectivity index (χ1) is 9.24. The van der Waals surface area contributed by atoms with Crippen LogP contribution >= 0.6 is 15.9 Å². The zero-order chi connectivity index (χ0) is 13.2. The van der Waals surface area contributed by atoms with Gasteiger partial charge in [-0.15, -0.1) is 0 Å². The van der Waals surface area contributed by atoms with E-state index in [1.807, 2.05) is 36.4 Å². The van der Waals surface area contributed by atoms with E-state index in [9.17, 15) is 5.11 Å². The molecule has 0 saturated heterocycles. The van der Waals surface area contributed by atoms with Gasteiger partial charge in [0.15, 0.2) is 4.67 Å². The molecule has 3 rings (SSSR count). The molecule has 1 unspecified atom stereocenters. The number of hydrogen-bond acceptors (Lipinski definition) is 3. The highest BCUT2D eigenvalue weighted by Crippen LogP contribution is 2.27. The average Bonchev–Trinajstić information content (AvgIpc) is 2.85. The van der Waals surface area contributed by atoms with Crippen molar-refractivity contribution < 1.29 is 9.52 Å². The van der Waals surface area contributed by atoms with E-state index in [0.717, 1.165) is 22.2 Å². The lowest BCUT2D eigenvalue weighted by molar-refractivity contribution is 0.175. The smallest absolute Gasteiger partial charge is 0.174 e. The predicted molar refractivity (Wildman–Crippen MR) is 76.8 cm³/mol. The van der Waals surface area contributed by atoms with E-state index < -0.39 is 6.10 Å². The lowest BCUT2D eigenvalue weighted by atomic mass is 10.1. The quantitative estimate of drug-likeness (QED) is 0.797. The van der Waals surface area contributed by atoms with Crippen molar-refractivity contribution in [2.75, 3.05) is 0 Å². The summed E-state index contributed by atoms with van der Waals surface area (Å²) in [5.74, 6) is 0. The van der Waals surface area contributed by atoms with Crippen molar-refractivity contribution in [3.63, 3.8) is 0 Å². The first kappa shape index (κ1) is 12.4. The Bertz CT molecular complexity index is 708. The Morgan fingerprint density at radius 3 is 2.79 bits per heavy atom. The Balaban J connectivity index is 1.87. The predicted octanol–water partition coefficient (Wildman–Crippen LogP) is 3.87. The van der Waals surface area contributed by atoms with Gasteiger partial charge in [0, 0.05) is 23.1 Å². The fourth-order valence-electron chi connectivity index (χ4n) is 2.07. The molecular formula is C15H12BrNO2. The maximum absolute atomic E-state index is 10.2. The zero-order valence-electron chi connectivity index (χ0n) is 10.1. The Morgan fingerprint density at radius 2 is 2.00 bits per heavy atom. The van der Waals surface area contributed by atoms with Gasteiger partial charge in [-0.05, 0) is 34.1 Å². The molecule has 19 heavy (non-hydrogen) atoms. The molecule has 0 aliphatic heterocycles. The molecule has 0 fully saturated rings. The molecule has 1 aromatic carbocycles. The SMILES string of the molecule is OC(Cc1ccc2ccccc2n1)c1ccoc1Br. The maximum Gasteiger partial charge on any atom is 0.174 e. The number of furan rings is 1. The summed E-state index contributed by atoms with van der Waals surface area (Å²) >= 11 is 3.27. The van der Waals surface area contributed by atoms with Crippen molar-refractivity contribution in [1.29, 1.82) is 0 Å². The number of aromatic nitrogens is 1. The van der Waals surface area contributed by atoms with Crippen molar-refractivity contribution in [3.05, 3.63) is 64.7 Å². The molecule has 2 aromatic heterocycles. The van der Waals surface area contributed by atoms with Gasteiger partial charge < -0.3 is 9.52 Å². The molecule has 3 nitrogen and oxygen atoms in total. The van der Waals surface area contributed by atoms with Crippen molar-refractivity contribution >= 4 is 26.8 Å². The number of rotatable bonds is 3. The fraction of sp³-hybridized carbons (Fsp3) is 0.133. The number of fused-ring (bicyclic) bond motifs is 1. The van der Waals surface area contributed by atoms with E-state index in [1.54, 1.807) is 12.3 Å². The van der Waals surface area contributed by atoms with Crippen LogP contribution in [-0.2, 0) is 6.42 Å². The molecule has 1 N–H and O–H groups in total. The number of hydrogen-bond donors (Lipinski definition) is 1. The summed E-state index contributed by atoms with van der Waals surface area (Å²) in [7, 11) is 0. The molecule has 4 heteroatoms. The molecule has 0 amide bonds. The molecule has 0 bridgehead atoms. The first-order valence-electron chi connectivity index (χ1n) is 5.99. The molecule has 96 valence electrons. The van der Waals surface area contributed by atoms with Crippen LogP contribution < -0.4 is 0 Å². The summed E-state index contributed by atoms with van der Waals surface area (Å²) in [5.41, 5.74) is 2.55. The van der Waals surface area contributed by atoms with Crippen molar-refractivity contribution in [2.24, 2.45) is 0 Å². The largest absolute Gasteiger partial charge is 0.457 e. The van der Waals surface area contributed by atoms with Gasteiger partial charge >= 0.3 is 0 Å². The van der Waals surface area contributed by atoms with E-state index in [1.165, 1.54) is 0 Å². The van der Waals surface area contributed by atoms with Gasteiger partial charge in [0.25, 0.3) is 0 Å². The first-order valence-corrected chi connectivity index (χ1v) is 6.79. The van der Waals surface area contributed by atoms with Gasteiger partial charge in [-0.2, -0.15) is 0 Å². The third-order valence-corrected chi connectivity index (χ3v) is 3.71. The monoisotopic (exact) mass is 317 g/mol. The number of pyridine rings is 1. The Morgan fingerprint density at radius 1 is 1.16 bits per heavy atom. The van der Waals surface area contributed by atoms with E-state index in [2.05, 4.69) is 20.9 Å². The van der Waals surface area contributed by atoms with Gasteiger partial charge in [-0.25, -0.2) is 0 Å².